The van der Waals surface area contributed by atoms with Gasteiger partial charge in [-0.3, -0.25) is 4.90 Å². The molecule has 2 saturated heterocycles. The molecule has 2 rings (SSSR count). The van der Waals surface area contributed by atoms with Crippen molar-refractivity contribution < 1.29 is 18.7 Å². The quantitative estimate of drug-likeness (QED) is 0.397. The Labute approximate surface area is 155 Å². The van der Waals surface area contributed by atoms with Gasteiger partial charge in [0.25, 0.3) is 0 Å². The molecule has 0 saturated carbocycles. The molecule has 148 valence electrons. The Hall–Kier alpha value is -0.200. The normalized spacial score (nSPS) is 24.5. The van der Waals surface area contributed by atoms with Crippen LogP contribution in [-0.2, 0) is 14.2 Å². The number of nitrogens with zero attached hydrogens (tertiary/aromatic N) is 2. The molecule has 2 aliphatic rings. The molecule has 0 aromatic carbocycles. The molecule has 5 heteroatoms. The van der Waals surface area contributed by atoms with E-state index in [-0.39, 0.29) is 0 Å². The molecule has 0 aromatic heterocycles. The topological polar surface area (TPSA) is 30.9 Å². The van der Waals surface area contributed by atoms with Crippen LogP contribution >= 0.6 is 0 Å². The summed E-state index contributed by atoms with van der Waals surface area (Å²) in [5, 5.41) is 0. The number of quaternary nitrogens is 1. The third-order valence-electron chi connectivity index (χ3n) is 6.00. The van der Waals surface area contributed by atoms with E-state index in [0.29, 0.717) is 6.10 Å². The predicted molar refractivity (Wildman–Crippen MR) is 102 cm³/mol. The fraction of sp³-hybridized carbons (Fsp3) is 1.00. The van der Waals surface area contributed by atoms with Crippen LogP contribution in [-0.4, -0.2) is 94.3 Å². The maximum Gasteiger partial charge on any atom is 0.102 e. The van der Waals surface area contributed by atoms with Gasteiger partial charge in [0.1, 0.15) is 13.1 Å². The zero-order chi connectivity index (χ0) is 17.8. The van der Waals surface area contributed by atoms with Crippen molar-refractivity contribution in [3.05, 3.63) is 0 Å². The van der Waals surface area contributed by atoms with Crippen LogP contribution < -0.4 is 0 Å². The van der Waals surface area contributed by atoms with E-state index in [1.165, 1.54) is 56.3 Å². The van der Waals surface area contributed by atoms with E-state index < -0.39 is 0 Å². The number of likely N-dealkylation sites (N-methyl/N-ethyl adjacent to an activating group) is 2. The highest BCUT2D eigenvalue weighted by Gasteiger charge is 2.27. The Bertz CT molecular complexity index is 335. The van der Waals surface area contributed by atoms with E-state index in [2.05, 4.69) is 18.7 Å². The molecular formula is C20H41N2O3+. The summed E-state index contributed by atoms with van der Waals surface area (Å²) in [6, 6.07) is 0. The van der Waals surface area contributed by atoms with Crippen molar-refractivity contribution in [2.45, 2.75) is 52.1 Å². The molecule has 0 aliphatic carbocycles. The molecule has 0 bridgehead atoms. The van der Waals surface area contributed by atoms with Crippen LogP contribution in [0, 0.1) is 0 Å². The summed E-state index contributed by atoms with van der Waals surface area (Å²) >= 11 is 0. The van der Waals surface area contributed by atoms with Crippen LogP contribution in [0.25, 0.3) is 0 Å². The molecule has 1 atom stereocenters. The monoisotopic (exact) mass is 357 g/mol. The lowest BCUT2D eigenvalue weighted by Crippen LogP contribution is -2.55. The van der Waals surface area contributed by atoms with Gasteiger partial charge in [-0.2, -0.15) is 0 Å². The first kappa shape index (κ1) is 21.1. The lowest BCUT2D eigenvalue weighted by Gasteiger charge is -2.40. The first-order valence-corrected chi connectivity index (χ1v) is 10.6. The summed E-state index contributed by atoms with van der Waals surface area (Å²) < 4.78 is 18.5. The van der Waals surface area contributed by atoms with Gasteiger partial charge in [0.05, 0.1) is 39.0 Å². The average molecular weight is 358 g/mol. The second-order valence-electron chi connectivity index (χ2n) is 7.64. The molecule has 2 heterocycles. The Morgan fingerprint density at radius 2 is 1.76 bits per heavy atom. The Balaban J connectivity index is 1.41. The highest BCUT2D eigenvalue weighted by Crippen LogP contribution is 2.14. The molecular weight excluding hydrogens is 316 g/mol. The van der Waals surface area contributed by atoms with Gasteiger partial charge in [0.2, 0.25) is 0 Å². The highest BCUT2D eigenvalue weighted by molar-refractivity contribution is 4.70. The van der Waals surface area contributed by atoms with Crippen molar-refractivity contribution in [3.63, 3.8) is 0 Å². The summed E-state index contributed by atoms with van der Waals surface area (Å²) in [6.45, 7) is 17.4. The molecule has 5 nitrogen and oxygen atoms in total. The van der Waals surface area contributed by atoms with Crippen LogP contribution in [0.5, 0.6) is 0 Å². The second-order valence-corrected chi connectivity index (χ2v) is 7.64. The molecule has 2 aliphatic heterocycles. The van der Waals surface area contributed by atoms with Crippen molar-refractivity contribution in [2.24, 2.45) is 0 Å². The Kier molecular flexibility index (Phi) is 10.3. The first-order chi connectivity index (χ1) is 12.3. The number of rotatable bonds is 12. The minimum atomic E-state index is 0.441. The van der Waals surface area contributed by atoms with Crippen molar-refractivity contribution in [1.29, 1.82) is 0 Å². The molecule has 1 unspecified atom stereocenters. The SMILES string of the molecule is CCN1CCOC(CCCCOCCCC[N+]2(CC)CCOCC2)C1. The summed E-state index contributed by atoms with van der Waals surface area (Å²) in [4.78, 5) is 2.49. The number of hydrogen-bond donors (Lipinski definition) is 0. The van der Waals surface area contributed by atoms with E-state index >= 15 is 0 Å². The van der Waals surface area contributed by atoms with Gasteiger partial charge in [-0.05, 0) is 45.6 Å². The molecule has 0 aromatic rings. The first-order valence-electron chi connectivity index (χ1n) is 10.6. The van der Waals surface area contributed by atoms with Gasteiger partial charge in [0, 0.05) is 26.3 Å². The maximum atomic E-state index is 5.85. The van der Waals surface area contributed by atoms with Gasteiger partial charge < -0.3 is 18.7 Å². The minimum absolute atomic E-state index is 0.441. The molecule has 0 N–H and O–H groups in total. The van der Waals surface area contributed by atoms with E-state index in [1.807, 2.05) is 0 Å². The molecule has 0 amide bonds. The maximum absolute atomic E-state index is 5.85. The third-order valence-corrected chi connectivity index (χ3v) is 6.00. The molecule has 0 radical (unpaired) electrons. The van der Waals surface area contributed by atoms with Crippen LogP contribution in [0.2, 0.25) is 0 Å². The minimum Gasteiger partial charge on any atom is -0.381 e. The lowest BCUT2D eigenvalue weighted by atomic mass is 10.1. The second kappa shape index (κ2) is 12.2. The standard InChI is InChI=1S/C20H41N2O3/c1-3-21-10-16-25-20(19-21)9-5-7-14-23-15-8-6-11-22(4-2)12-17-24-18-13-22/h20H,3-19H2,1-2H3/q+1. The predicted octanol–water partition coefficient (Wildman–Crippen LogP) is 2.54. The van der Waals surface area contributed by atoms with Crippen LogP contribution in [0.1, 0.15) is 46.0 Å². The summed E-state index contributed by atoms with van der Waals surface area (Å²) in [6.07, 6.45) is 6.47. The van der Waals surface area contributed by atoms with Gasteiger partial charge in [-0.25, -0.2) is 0 Å². The fourth-order valence-corrected chi connectivity index (χ4v) is 4.00. The molecule has 25 heavy (non-hydrogen) atoms. The highest BCUT2D eigenvalue weighted by atomic mass is 16.5. The fourth-order valence-electron chi connectivity index (χ4n) is 4.00. The average Bonchev–Trinajstić information content (AvgIpc) is 2.67. The Morgan fingerprint density at radius 1 is 1.00 bits per heavy atom. The zero-order valence-electron chi connectivity index (χ0n) is 16.7. The van der Waals surface area contributed by atoms with Gasteiger partial charge >= 0.3 is 0 Å². The zero-order valence-corrected chi connectivity index (χ0v) is 16.7. The van der Waals surface area contributed by atoms with E-state index in [0.717, 1.165) is 59.1 Å². The van der Waals surface area contributed by atoms with Gasteiger partial charge in [-0.15, -0.1) is 0 Å². The Morgan fingerprint density at radius 3 is 2.48 bits per heavy atom. The van der Waals surface area contributed by atoms with Crippen LogP contribution in [0.4, 0.5) is 0 Å². The van der Waals surface area contributed by atoms with Crippen LogP contribution in [0.15, 0.2) is 0 Å². The molecule has 0 spiro atoms. The summed E-state index contributed by atoms with van der Waals surface area (Å²) in [5.41, 5.74) is 0. The van der Waals surface area contributed by atoms with Crippen molar-refractivity contribution in [1.82, 2.24) is 4.90 Å². The third kappa shape index (κ3) is 7.92. The van der Waals surface area contributed by atoms with Gasteiger partial charge in [0.15, 0.2) is 0 Å². The summed E-state index contributed by atoms with van der Waals surface area (Å²) in [5.74, 6) is 0. The summed E-state index contributed by atoms with van der Waals surface area (Å²) in [7, 11) is 0. The number of unbranched alkanes of at least 4 members (excludes halogenated alkanes) is 2. The smallest absolute Gasteiger partial charge is 0.102 e. The van der Waals surface area contributed by atoms with Crippen molar-refractivity contribution >= 4 is 0 Å². The van der Waals surface area contributed by atoms with E-state index in [1.54, 1.807) is 0 Å². The lowest BCUT2D eigenvalue weighted by molar-refractivity contribution is -0.933. The van der Waals surface area contributed by atoms with Gasteiger partial charge in [-0.1, -0.05) is 6.92 Å². The number of morpholine rings is 2. The van der Waals surface area contributed by atoms with Crippen LogP contribution in [0.3, 0.4) is 0 Å². The number of ether oxygens (including phenoxy) is 3. The van der Waals surface area contributed by atoms with Crippen molar-refractivity contribution in [2.75, 3.05) is 78.8 Å². The molecule has 2 fully saturated rings. The van der Waals surface area contributed by atoms with Crippen molar-refractivity contribution in [3.8, 4) is 0 Å². The van der Waals surface area contributed by atoms with E-state index in [4.69, 9.17) is 14.2 Å². The van der Waals surface area contributed by atoms with E-state index in [9.17, 15) is 0 Å². The largest absolute Gasteiger partial charge is 0.381 e. The number of hydrogen-bond acceptors (Lipinski definition) is 4.